The van der Waals surface area contributed by atoms with Crippen LogP contribution < -0.4 is 4.74 Å². The normalized spacial score (nSPS) is 19.4. The lowest BCUT2D eigenvalue weighted by Crippen LogP contribution is -2.35. The Morgan fingerprint density at radius 3 is 2.86 bits per heavy atom. The second kappa shape index (κ2) is 7.98. The van der Waals surface area contributed by atoms with E-state index in [1.807, 2.05) is 19.9 Å². The number of likely N-dealkylation sites (tertiary alicyclic amines) is 1. The fourth-order valence-corrected chi connectivity index (χ4v) is 3.14. The van der Waals surface area contributed by atoms with Crippen molar-refractivity contribution in [2.75, 3.05) is 19.6 Å². The smallest absolute Gasteiger partial charge is 0.164 e. The number of Topliss-reactive ketones (excluding diaryl/α,β-unsaturated/α-hetero) is 1. The first kappa shape index (κ1) is 17.3. The van der Waals surface area contributed by atoms with E-state index in [-0.39, 0.29) is 11.9 Å². The molecule has 1 fully saturated rings. The van der Waals surface area contributed by atoms with E-state index in [9.17, 15) is 4.79 Å². The highest BCUT2D eigenvalue weighted by Gasteiger charge is 2.17. The summed E-state index contributed by atoms with van der Waals surface area (Å²) in [5.41, 5.74) is 0.672. The monoisotopic (exact) mass is 323 g/mol. The number of nitrogens with zero attached hydrogens (tertiary/aromatic N) is 1. The maximum atomic E-state index is 12.3. The molecule has 1 unspecified atom stereocenters. The van der Waals surface area contributed by atoms with Crippen LogP contribution in [0.25, 0.3) is 0 Å². The van der Waals surface area contributed by atoms with Gasteiger partial charge in [-0.1, -0.05) is 18.5 Å². The molecule has 1 aromatic carbocycles. The second-order valence-corrected chi connectivity index (χ2v) is 6.94. The molecule has 0 N–H and O–H groups in total. The first-order valence-electron chi connectivity index (χ1n) is 8.17. The van der Waals surface area contributed by atoms with E-state index in [4.69, 9.17) is 16.3 Å². The molecule has 0 aliphatic carbocycles. The van der Waals surface area contributed by atoms with Crippen LogP contribution in [0.5, 0.6) is 5.75 Å². The molecule has 122 valence electrons. The minimum atomic E-state index is 0.0696. The molecule has 0 saturated carbocycles. The van der Waals surface area contributed by atoms with Crippen LogP contribution in [0.2, 0.25) is 5.02 Å². The minimum Gasteiger partial charge on any atom is -0.489 e. The van der Waals surface area contributed by atoms with E-state index in [0.717, 1.165) is 25.6 Å². The van der Waals surface area contributed by atoms with Gasteiger partial charge in [0.2, 0.25) is 0 Å². The summed E-state index contributed by atoms with van der Waals surface area (Å²) in [6, 6.07) is 5.32. The number of carbonyl (C=O) groups excluding carboxylic acids is 1. The number of halogens is 1. The third-order valence-corrected chi connectivity index (χ3v) is 4.31. The molecule has 1 atom stereocenters. The molecule has 1 heterocycles. The van der Waals surface area contributed by atoms with E-state index in [0.29, 0.717) is 22.8 Å². The van der Waals surface area contributed by atoms with Gasteiger partial charge in [-0.2, -0.15) is 0 Å². The molecular formula is C18H26ClNO2. The Bertz CT molecular complexity index is 516. The van der Waals surface area contributed by atoms with E-state index in [1.165, 1.54) is 12.8 Å². The van der Waals surface area contributed by atoms with E-state index in [2.05, 4.69) is 11.8 Å². The average molecular weight is 324 g/mol. The summed E-state index contributed by atoms with van der Waals surface area (Å²) in [6.07, 6.45) is 3.16. The number of benzene rings is 1. The molecule has 1 saturated heterocycles. The standard InChI is InChI=1S/C18H26ClNO2/c1-13(2)22-18-7-6-15(11-16(18)19)17(21)8-10-20-9-4-5-14(3)12-20/h6-7,11,13-14H,4-5,8-10,12H2,1-3H3. The average Bonchev–Trinajstić information content (AvgIpc) is 2.46. The first-order valence-corrected chi connectivity index (χ1v) is 8.55. The highest BCUT2D eigenvalue weighted by molar-refractivity contribution is 6.32. The lowest BCUT2D eigenvalue weighted by Gasteiger charge is -2.30. The Morgan fingerprint density at radius 1 is 1.45 bits per heavy atom. The summed E-state index contributed by atoms with van der Waals surface area (Å²) < 4.78 is 5.60. The van der Waals surface area contributed by atoms with Gasteiger partial charge in [-0.15, -0.1) is 0 Å². The Balaban J connectivity index is 1.90. The molecule has 0 bridgehead atoms. The molecule has 1 aliphatic heterocycles. The maximum Gasteiger partial charge on any atom is 0.164 e. The Kier molecular flexibility index (Phi) is 6.27. The van der Waals surface area contributed by atoms with Gasteiger partial charge in [0.15, 0.2) is 5.78 Å². The highest BCUT2D eigenvalue weighted by Crippen LogP contribution is 2.27. The molecule has 4 heteroatoms. The van der Waals surface area contributed by atoms with Crippen LogP contribution in [-0.4, -0.2) is 36.4 Å². The van der Waals surface area contributed by atoms with Crippen LogP contribution in [0.4, 0.5) is 0 Å². The molecule has 2 rings (SSSR count). The molecule has 1 aliphatic rings. The van der Waals surface area contributed by atoms with Crippen molar-refractivity contribution >= 4 is 17.4 Å². The predicted octanol–water partition coefficient (Wildman–Crippen LogP) is 4.43. The largest absolute Gasteiger partial charge is 0.489 e. The number of carbonyl (C=O) groups is 1. The van der Waals surface area contributed by atoms with Gasteiger partial charge in [0, 0.05) is 25.1 Å². The van der Waals surface area contributed by atoms with Crippen LogP contribution in [0.3, 0.4) is 0 Å². The number of rotatable bonds is 6. The molecule has 1 aromatic rings. The van der Waals surface area contributed by atoms with Crippen LogP contribution in [-0.2, 0) is 0 Å². The van der Waals surface area contributed by atoms with Crippen molar-refractivity contribution in [1.82, 2.24) is 4.90 Å². The van der Waals surface area contributed by atoms with Gasteiger partial charge >= 0.3 is 0 Å². The van der Waals surface area contributed by atoms with Gasteiger partial charge in [0.05, 0.1) is 11.1 Å². The van der Waals surface area contributed by atoms with Crippen molar-refractivity contribution in [2.24, 2.45) is 5.92 Å². The van der Waals surface area contributed by atoms with Crippen molar-refractivity contribution in [3.8, 4) is 5.75 Å². The molecular weight excluding hydrogens is 298 g/mol. The van der Waals surface area contributed by atoms with Crippen LogP contribution in [0.15, 0.2) is 18.2 Å². The molecule has 3 nitrogen and oxygen atoms in total. The zero-order chi connectivity index (χ0) is 16.1. The second-order valence-electron chi connectivity index (χ2n) is 6.53. The van der Waals surface area contributed by atoms with Crippen molar-refractivity contribution in [3.05, 3.63) is 28.8 Å². The van der Waals surface area contributed by atoms with Gasteiger partial charge in [-0.25, -0.2) is 0 Å². The number of hydrogen-bond acceptors (Lipinski definition) is 3. The van der Waals surface area contributed by atoms with Gasteiger partial charge in [-0.05, 0) is 57.4 Å². The fraction of sp³-hybridized carbons (Fsp3) is 0.611. The number of ether oxygens (including phenoxy) is 1. The van der Waals surface area contributed by atoms with Crippen molar-refractivity contribution in [3.63, 3.8) is 0 Å². The Morgan fingerprint density at radius 2 is 2.23 bits per heavy atom. The summed E-state index contributed by atoms with van der Waals surface area (Å²) in [5, 5.41) is 0.506. The highest BCUT2D eigenvalue weighted by atomic mass is 35.5. The molecule has 22 heavy (non-hydrogen) atoms. The zero-order valence-corrected chi connectivity index (χ0v) is 14.5. The van der Waals surface area contributed by atoms with Gasteiger partial charge in [-0.3, -0.25) is 4.79 Å². The molecule has 0 amide bonds. The fourth-order valence-electron chi connectivity index (χ4n) is 2.92. The predicted molar refractivity (Wildman–Crippen MR) is 91.0 cm³/mol. The Hall–Kier alpha value is -1.06. The summed E-state index contributed by atoms with van der Waals surface area (Å²) in [5.74, 6) is 1.53. The molecule has 0 radical (unpaired) electrons. The van der Waals surface area contributed by atoms with Crippen molar-refractivity contribution in [1.29, 1.82) is 0 Å². The van der Waals surface area contributed by atoms with Crippen molar-refractivity contribution in [2.45, 2.75) is 46.1 Å². The maximum absolute atomic E-state index is 12.3. The number of ketones is 1. The summed E-state index contributed by atoms with van der Waals surface area (Å²) in [6.45, 7) is 9.24. The number of piperidine rings is 1. The molecule has 0 aromatic heterocycles. The molecule has 0 spiro atoms. The lowest BCUT2D eigenvalue weighted by atomic mass is 9.99. The Labute approximate surface area is 138 Å². The van der Waals surface area contributed by atoms with Gasteiger partial charge in [0.1, 0.15) is 5.75 Å². The number of hydrogen-bond donors (Lipinski definition) is 0. The van der Waals surface area contributed by atoms with E-state index >= 15 is 0 Å². The van der Waals surface area contributed by atoms with E-state index in [1.54, 1.807) is 12.1 Å². The lowest BCUT2D eigenvalue weighted by molar-refractivity contribution is 0.0949. The third kappa shape index (κ3) is 4.99. The van der Waals surface area contributed by atoms with E-state index < -0.39 is 0 Å². The van der Waals surface area contributed by atoms with Gasteiger partial charge < -0.3 is 9.64 Å². The van der Waals surface area contributed by atoms with Gasteiger partial charge in [0.25, 0.3) is 0 Å². The van der Waals surface area contributed by atoms with Crippen molar-refractivity contribution < 1.29 is 9.53 Å². The third-order valence-electron chi connectivity index (χ3n) is 4.01. The quantitative estimate of drug-likeness (QED) is 0.725. The summed E-state index contributed by atoms with van der Waals surface area (Å²) in [4.78, 5) is 14.7. The topological polar surface area (TPSA) is 29.5 Å². The summed E-state index contributed by atoms with van der Waals surface area (Å²) >= 11 is 6.20. The minimum absolute atomic E-state index is 0.0696. The van der Waals surface area contributed by atoms with Crippen LogP contribution in [0.1, 0.15) is 50.4 Å². The zero-order valence-electron chi connectivity index (χ0n) is 13.8. The SMILES string of the molecule is CC1CCCN(CCC(=O)c2ccc(OC(C)C)c(Cl)c2)C1. The summed E-state index contributed by atoms with van der Waals surface area (Å²) in [7, 11) is 0. The van der Waals surface area contributed by atoms with Crippen LogP contribution >= 0.6 is 11.6 Å². The first-order chi connectivity index (χ1) is 10.5. The van der Waals surface area contributed by atoms with Crippen LogP contribution in [0, 0.1) is 5.92 Å².